The Morgan fingerprint density at radius 1 is 1.45 bits per heavy atom. The van der Waals surface area contributed by atoms with Crippen LogP contribution in [0.25, 0.3) is 0 Å². The van der Waals surface area contributed by atoms with Gasteiger partial charge >= 0.3 is 5.97 Å². The topological polar surface area (TPSA) is 40.5 Å². The second-order valence-corrected chi connectivity index (χ2v) is 6.15. The van der Waals surface area contributed by atoms with Crippen molar-refractivity contribution in [1.82, 2.24) is 4.90 Å². The van der Waals surface area contributed by atoms with Crippen molar-refractivity contribution < 1.29 is 14.3 Å². The van der Waals surface area contributed by atoms with E-state index in [1.165, 1.54) is 6.07 Å². The zero-order valence-electron chi connectivity index (χ0n) is 11.7. The van der Waals surface area contributed by atoms with Crippen molar-refractivity contribution in [2.75, 3.05) is 6.54 Å². The Balaban J connectivity index is 1.79. The van der Waals surface area contributed by atoms with Gasteiger partial charge in [0.25, 0.3) is 0 Å². The van der Waals surface area contributed by atoms with E-state index >= 15 is 0 Å². The number of benzene rings is 1. The number of aliphatic carboxylic acids is 1. The molecule has 1 aromatic carbocycles. The molecule has 0 bridgehead atoms. The summed E-state index contributed by atoms with van der Waals surface area (Å²) >= 11 is 0. The Morgan fingerprint density at radius 2 is 2.25 bits per heavy atom. The molecule has 3 rings (SSSR count). The van der Waals surface area contributed by atoms with Crippen LogP contribution >= 0.6 is 0 Å². The smallest absolute Gasteiger partial charge is 0.321 e. The summed E-state index contributed by atoms with van der Waals surface area (Å²) in [4.78, 5) is 13.6. The maximum absolute atomic E-state index is 13.3. The van der Waals surface area contributed by atoms with Crippen molar-refractivity contribution in [2.45, 2.75) is 38.8 Å². The van der Waals surface area contributed by atoms with Gasteiger partial charge in [-0.05, 0) is 48.8 Å². The molecular formula is C16H20FNO2. The lowest BCUT2D eigenvalue weighted by Gasteiger charge is -2.24. The highest BCUT2D eigenvalue weighted by molar-refractivity contribution is 5.74. The molecule has 3 nitrogen and oxygen atoms in total. The third-order valence-electron chi connectivity index (χ3n) is 4.85. The van der Waals surface area contributed by atoms with Gasteiger partial charge in [0.15, 0.2) is 0 Å². The number of halogens is 1. The fourth-order valence-corrected chi connectivity index (χ4v) is 3.94. The van der Waals surface area contributed by atoms with E-state index in [4.69, 9.17) is 0 Å². The van der Waals surface area contributed by atoms with E-state index in [9.17, 15) is 14.3 Å². The van der Waals surface area contributed by atoms with E-state index in [0.29, 0.717) is 23.9 Å². The van der Waals surface area contributed by atoms with Crippen molar-refractivity contribution in [3.8, 4) is 0 Å². The third kappa shape index (κ3) is 2.33. The van der Waals surface area contributed by atoms with Crippen LogP contribution < -0.4 is 0 Å². The van der Waals surface area contributed by atoms with E-state index < -0.39 is 5.97 Å². The number of hydrogen-bond acceptors (Lipinski definition) is 2. The second kappa shape index (κ2) is 5.17. The van der Waals surface area contributed by atoms with Gasteiger partial charge in [-0.2, -0.15) is 0 Å². The Hall–Kier alpha value is -1.42. The summed E-state index contributed by atoms with van der Waals surface area (Å²) in [6, 6.07) is 4.68. The van der Waals surface area contributed by atoms with E-state index in [-0.39, 0.29) is 11.9 Å². The first-order valence-corrected chi connectivity index (χ1v) is 7.28. The fraction of sp³-hybridized carbons (Fsp3) is 0.562. The monoisotopic (exact) mass is 277 g/mol. The largest absolute Gasteiger partial charge is 0.480 e. The van der Waals surface area contributed by atoms with Gasteiger partial charge in [0.1, 0.15) is 11.9 Å². The Morgan fingerprint density at radius 3 is 2.95 bits per heavy atom. The normalized spacial score (nSPS) is 29.6. The molecule has 1 heterocycles. The number of carbonyl (C=O) groups is 1. The van der Waals surface area contributed by atoms with Gasteiger partial charge in [-0.1, -0.05) is 18.6 Å². The molecule has 0 amide bonds. The molecule has 3 atom stereocenters. The number of rotatable bonds is 3. The minimum atomic E-state index is -0.710. The lowest BCUT2D eigenvalue weighted by atomic mass is 9.94. The summed E-state index contributed by atoms with van der Waals surface area (Å²) in [5.41, 5.74) is 1.61. The lowest BCUT2D eigenvalue weighted by molar-refractivity contribution is -0.143. The summed E-state index contributed by atoms with van der Waals surface area (Å²) in [5.74, 6) is -0.0910. The predicted octanol–water partition coefficient (Wildman–Crippen LogP) is 2.82. The van der Waals surface area contributed by atoms with Crippen LogP contribution in [0.3, 0.4) is 0 Å². The molecule has 0 aromatic heterocycles. The van der Waals surface area contributed by atoms with Gasteiger partial charge in [-0.15, -0.1) is 0 Å². The average Bonchev–Trinajstić information content (AvgIpc) is 2.93. The van der Waals surface area contributed by atoms with Crippen LogP contribution in [-0.2, 0) is 11.3 Å². The highest BCUT2D eigenvalue weighted by Gasteiger charge is 2.47. The van der Waals surface area contributed by atoms with Crippen LogP contribution in [0, 0.1) is 24.6 Å². The van der Waals surface area contributed by atoms with Crippen molar-refractivity contribution in [3.63, 3.8) is 0 Å². The van der Waals surface area contributed by atoms with Gasteiger partial charge in [-0.25, -0.2) is 4.39 Å². The number of carboxylic acid groups (broad SMARTS) is 1. The lowest BCUT2D eigenvalue weighted by Crippen LogP contribution is -2.39. The predicted molar refractivity (Wildman–Crippen MR) is 73.8 cm³/mol. The van der Waals surface area contributed by atoms with E-state index in [1.807, 2.05) is 6.07 Å². The molecular weight excluding hydrogens is 257 g/mol. The zero-order valence-corrected chi connectivity index (χ0v) is 11.7. The second-order valence-electron chi connectivity index (χ2n) is 6.15. The van der Waals surface area contributed by atoms with E-state index in [2.05, 4.69) is 4.90 Å². The molecule has 4 heteroatoms. The molecule has 2 aliphatic rings. The van der Waals surface area contributed by atoms with Gasteiger partial charge in [0.05, 0.1) is 0 Å². The van der Waals surface area contributed by atoms with Crippen LogP contribution in [0.5, 0.6) is 0 Å². The van der Waals surface area contributed by atoms with Gasteiger partial charge < -0.3 is 5.11 Å². The van der Waals surface area contributed by atoms with Crippen LogP contribution in [0.2, 0.25) is 0 Å². The van der Waals surface area contributed by atoms with Crippen LogP contribution in [0.15, 0.2) is 18.2 Å². The van der Waals surface area contributed by atoms with Crippen LogP contribution in [0.4, 0.5) is 4.39 Å². The summed E-state index contributed by atoms with van der Waals surface area (Å²) in [5, 5.41) is 9.51. The standard InChI is InChI=1S/C16H20FNO2/c1-10-7-11(5-6-14(10)17)8-18-9-12-3-2-4-13(12)15(18)16(19)20/h5-7,12-13,15H,2-4,8-9H2,1H3,(H,19,20). The van der Waals surface area contributed by atoms with E-state index in [0.717, 1.165) is 31.4 Å². The quantitative estimate of drug-likeness (QED) is 0.923. The Kier molecular flexibility index (Phi) is 3.50. The van der Waals surface area contributed by atoms with Crippen molar-refractivity contribution >= 4 is 5.97 Å². The fourth-order valence-electron chi connectivity index (χ4n) is 3.94. The van der Waals surface area contributed by atoms with Crippen LogP contribution in [-0.4, -0.2) is 28.6 Å². The van der Waals surface area contributed by atoms with Crippen molar-refractivity contribution in [2.24, 2.45) is 11.8 Å². The summed E-state index contributed by atoms with van der Waals surface area (Å²) < 4.78 is 13.3. The molecule has 0 radical (unpaired) electrons. The van der Waals surface area contributed by atoms with Gasteiger partial charge in [-0.3, -0.25) is 9.69 Å². The van der Waals surface area contributed by atoms with Crippen molar-refractivity contribution in [1.29, 1.82) is 0 Å². The SMILES string of the molecule is Cc1cc(CN2CC3CCCC3C2C(=O)O)ccc1F. The summed E-state index contributed by atoms with van der Waals surface area (Å²) in [6.07, 6.45) is 3.33. The number of nitrogens with zero attached hydrogens (tertiary/aromatic N) is 1. The molecule has 20 heavy (non-hydrogen) atoms. The molecule has 1 aliphatic carbocycles. The highest BCUT2D eigenvalue weighted by Crippen LogP contribution is 2.42. The van der Waals surface area contributed by atoms with Gasteiger partial charge in [0, 0.05) is 13.1 Å². The number of hydrogen-bond donors (Lipinski definition) is 1. The number of fused-ring (bicyclic) bond motifs is 1. The molecule has 1 aliphatic heterocycles. The molecule has 3 unspecified atom stereocenters. The number of aryl methyl sites for hydroxylation is 1. The summed E-state index contributed by atoms with van der Waals surface area (Å²) in [7, 11) is 0. The molecule has 2 fully saturated rings. The molecule has 108 valence electrons. The van der Waals surface area contributed by atoms with Gasteiger partial charge in [0.2, 0.25) is 0 Å². The average molecular weight is 277 g/mol. The molecule has 1 saturated carbocycles. The minimum Gasteiger partial charge on any atom is -0.480 e. The molecule has 1 aromatic rings. The third-order valence-corrected chi connectivity index (χ3v) is 4.85. The maximum Gasteiger partial charge on any atom is 0.321 e. The Labute approximate surface area is 118 Å². The number of likely N-dealkylation sites (tertiary alicyclic amines) is 1. The molecule has 1 saturated heterocycles. The summed E-state index contributed by atoms with van der Waals surface area (Å²) in [6.45, 7) is 3.20. The highest BCUT2D eigenvalue weighted by atomic mass is 19.1. The zero-order chi connectivity index (χ0) is 14.3. The minimum absolute atomic E-state index is 0.207. The first-order valence-electron chi connectivity index (χ1n) is 7.28. The number of carboxylic acids is 1. The first-order chi connectivity index (χ1) is 9.56. The van der Waals surface area contributed by atoms with E-state index in [1.54, 1.807) is 13.0 Å². The molecule has 0 spiro atoms. The van der Waals surface area contributed by atoms with Crippen molar-refractivity contribution in [3.05, 3.63) is 35.1 Å². The Bertz CT molecular complexity index is 531. The molecule has 1 N–H and O–H groups in total. The van der Waals surface area contributed by atoms with Crippen LogP contribution in [0.1, 0.15) is 30.4 Å². The first kappa shape index (κ1) is 13.6. The maximum atomic E-state index is 13.3.